The summed E-state index contributed by atoms with van der Waals surface area (Å²) in [5.41, 5.74) is 0.764. The highest BCUT2D eigenvalue weighted by atomic mass is 127. The minimum atomic E-state index is -2.88. The van der Waals surface area contributed by atoms with Gasteiger partial charge in [0.2, 0.25) is 0 Å². The van der Waals surface area contributed by atoms with Gasteiger partial charge in [0.05, 0.1) is 7.11 Å². The highest BCUT2D eigenvalue weighted by molar-refractivity contribution is 14.0. The standard InChI is InChI=1S/C16H25F2N3O2.HI/c1-16(2,3)21-15(19-4)20-9-8-11-6-7-12(22-5)13(10-11)23-14(17)18;/h6-7,10,14H,8-9H2,1-5H3,(H2,19,20,21);1H. The van der Waals surface area contributed by atoms with Crippen LogP contribution in [0, 0.1) is 0 Å². The van der Waals surface area contributed by atoms with Crippen LogP contribution in [0.4, 0.5) is 8.78 Å². The van der Waals surface area contributed by atoms with Crippen LogP contribution in [0.1, 0.15) is 26.3 Å². The van der Waals surface area contributed by atoms with Crippen LogP contribution < -0.4 is 20.1 Å². The first kappa shape index (κ1) is 22.7. The molecule has 2 N–H and O–H groups in total. The van der Waals surface area contributed by atoms with Crippen molar-refractivity contribution in [2.24, 2.45) is 4.99 Å². The number of ether oxygens (including phenoxy) is 2. The molecule has 5 nitrogen and oxygen atoms in total. The van der Waals surface area contributed by atoms with E-state index in [1.807, 2.05) is 26.8 Å². The number of alkyl halides is 2. The Morgan fingerprint density at radius 3 is 2.42 bits per heavy atom. The van der Waals surface area contributed by atoms with Gasteiger partial charge >= 0.3 is 6.61 Å². The van der Waals surface area contributed by atoms with E-state index in [0.29, 0.717) is 18.9 Å². The topological polar surface area (TPSA) is 54.9 Å². The number of halogens is 3. The number of hydrogen-bond acceptors (Lipinski definition) is 3. The first-order valence-electron chi connectivity index (χ1n) is 7.35. The summed E-state index contributed by atoms with van der Waals surface area (Å²) in [7, 11) is 3.11. The predicted molar refractivity (Wildman–Crippen MR) is 103 cm³/mol. The van der Waals surface area contributed by atoms with Crippen LogP contribution >= 0.6 is 24.0 Å². The Morgan fingerprint density at radius 2 is 1.92 bits per heavy atom. The maximum absolute atomic E-state index is 12.4. The van der Waals surface area contributed by atoms with Crippen LogP contribution in [-0.4, -0.2) is 38.8 Å². The molecule has 0 saturated carbocycles. The Bertz CT molecular complexity index is 535. The van der Waals surface area contributed by atoms with E-state index in [1.165, 1.54) is 7.11 Å². The molecule has 1 rings (SSSR count). The van der Waals surface area contributed by atoms with E-state index in [-0.39, 0.29) is 41.0 Å². The average molecular weight is 457 g/mol. The summed E-state index contributed by atoms with van der Waals surface area (Å²) in [6.45, 7) is 3.84. The summed E-state index contributed by atoms with van der Waals surface area (Å²) in [5.74, 6) is 1.01. The number of benzene rings is 1. The van der Waals surface area contributed by atoms with Crippen LogP contribution in [0.2, 0.25) is 0 Å². The number of nitrogens with zero attached hydrogens (tertiary/aromatic N) is 1. The number of rotatable bonds is 6. The van der Waals surface area contributed by atoms with E-state index >= 15 is 0 Å². The fourth-order valence-electron chi connectivity index (χ4n) is 1.92. The lowest BCUT2D eigenvalue weighted by Gasteiger charge is -2.23. The second kappa shape index (κ2) is 10.5. The van der Waals surface area contributed by atoms with Gasteiger partial charge in [-0.25, -0.2) is 0 Å². The van der Waals surface area contributed by atoms with Gasteiger partial charge in [-0.05, 0) is 44.9 Å². The average Bonchev–Trinajstić information content (AvgIpc) is 2.44. The summed E-state index contributed by atoms with van der Waals surface area (Å²) in [6.07, 6.45) is 0.633. The molecule has 138 valence electrons. The van der Waals surface area contributed by atoms with E-state index in [0.717, 1.165) is 5.56 Å². The molecule has 0 radical (unpaired) electrons. The molecule has 1 aromatic carbocycles. The maximum Gasteiger partial charge on any atom is 0.387 e. The third-order valence-electron chi connectivity index (χ3n) is 2.87. The smallest absolute Gasteiger partial charge is 0.387 e. The monoisotopic (exact) mass is 457 g/mol. The van der Waals surface area contributed by atoms with Crippen LogP contribution in [0.25, 0.3) is 0 Å². The predicted octanol–water partition coefficient (Wildman–Crippen LogP) is 3.42. The molecule has 8 heteroatoms. The fourth-order valence-corrected chi connectivity index (χ4v) is 1.92. The zero-order valence-electron chi connectivity index (χ0n) is 14.7. The molecule has 24 heavy (non-hydrogen) atoms. The lowest BCUT2D eigenvalue weighted by Crippen LogP contribution is -2.48. The van der Waals surface area contributed by atoms with E-state index < -0.39 is 6.61 Å². The summed E-state index contributed by atoms with van der Waals surface area (Å²) in [4.78, 5) is 4.14. The molecule has 1 aromatic rings. The molecule has 0 heterocycles. The summed E-state index contributed by atoms with van der Waals surface area (Å²) in [6, 6.07) is 5.00. The van der Waals surface area contributed by atoms with Crippen LogP contribution in [0.3, 0.4) is 0 Å². The van der Waals surface area contributed by atoms with Gasteiger partial charge in [-0.1, -0.05) is 6.07 Å². The number of nitrogens with one attached hydrogen (secondary N) is 2. The summed E-state index contributed by atoms with van der Waals surface area (Å²) < 4.78 is 34.3. The second-order valence-electron chi connectivity index (χ2n) is 5.99. The molecule has 0 aromatic heterocycles. The Labute approximate surface area is 159 Å². The van der Waals surface area contributed by atoms with Crippen molar-refractivity contribution in [1.29, 1.82) is 0 Å². The molecular weight excluding hydrogens is 431 g/mol. The van der Waals surface area contributed by atoms with Gasteiger partial charge in [0.1, 0.15) is 0 Å². The number of aliphatic imine (C=N–C) groups is 1. The molecule has 0 fully saturated rings. The quantitative estimate of drug-likeness (QED) is 0.391. The third kappa shape index (κ3) is 8.51. The molecule has 0 aliphatic heterocycles. The molecular formula is C16H26F2IN3O2. The summed E-state index contributed by atoms with van der Waals surface area (Å²) >= 11 is 0. The largest absolute Gasteiger partial charge is 0.493 e. The minimum absolute atomic E-state index is 0. The molecule has 0 atom stereocenters. The number of guanidine groups is 1. The van der Waals surface area contributed by atoms with Gasteiger partial charge in [0.25, 0.3) is 0 Å². The van der Waals surface area contributed by atoms with Gasteiger partial charge in [-0.2, -0.15) is 8.78 Å². The van der Waals surface area contributed by atoms with Crippen molar-refractivity contribution in [3.8, 4) is 11.5 Å². The number of hydrogen-bond donors (Lipinski definition) is 2. The molecule has 0 aliphatic carbocycles. The second-order valence-corrected chi connectivity index (χ2v) is 5.99. The lowest BCUT2D eigenvalue weighted by molar-refractivity contribution is -0.0512. The van der Waals surface area contributed by atoms with Crippen molar-refractivity contribution in [2.45, 2.75) is 39.3 Å². The fraction of sp³-hybridized carbons (Fsp3) is 0.562. The zero-order chi connectivity index (χ0) is 17.5. The van der Waals surface area contributed by atoms with Crippen molar-refractivity contribution < 1.29 is 18.3 Å². The normalized spacial score (nSPS) is 11.8. The molecule has 0 spiro atoms. The highest BCUT2D eigenvalue weighted by Crippen LogP contribution is 2.29. The first-order valence-corrected chi connectivity index (χ1v) is 7.35. The highest BCUT2D eigenvalue weighted by Gasteiger charge is 2.13. The maximum atomic E-state index is 12.4. The molecule has 0 saturated heterocycles. The van der Waals surface area contributed by atoms with Crippen molar-refractivity contribution in [3.05, 3.63) is 23.8 Å². The van der Waals surface area contributed by atoms with Gasteiger partial charge in [-0.3, -0.25) is 4.99 Å². The van der Waals surface area contributed by atoms with E-state index in [9.17, 15) is 8.78 Å². The van der Waals surface area contributed by atoms with Crippen molar-refractivity contribution in [3.63, 3.8) is 0 Å². The van der Waals surface area contributed by atoms with E-state index in [2.05, 4.69) is 20.4 Å². The van der Waals surface area contributed by atoms with Crippen LogP contribution in [0.15, 0.2) is 23.2 Å². The van der Waals surface area contributed by atoms with Gasteiger partial charge in [-0.15, -0.1) is 24.0 Å². The van der Waals surface area contributed by atoms with Gasteiger partial charge in [0.15, 0.2) is 17.5 Å². The SMILES string of the molecule is CN=C(NCCc1ccc(OC)c(OC(F)F)c1)NC(C)(C)C.I. The van der Waals surface area contributed by atoms with Gasteiger partial charge < -0.3 is 20.1 Å². The number of methoxy groups -OCH3 is 1. The molecule has 0 bridgehead atoms. The van der Waals surface area contributed by atoms with Crippen molar-refractivity contribution in [2.75, 3.05) is 20.7 Å². The Kier molecular flexibility index (Phi) is 9.95. The molecule has 0 unspecified atom stereocenters. The van der Waals surface area contributed by atoms with Crippen LogP contribution in [-0.2, 0) is 6.42 Å². The first-order chi connectivity index (χ1) is 10.7. The zero-order valence-corrected chi connectivity index (χ0v) is 17.0. The van der Waals surface area contributed by atoms with E-state index in [4.69, 9.17) is 4.74 Å². The molecule has 0 amide bonds. The van der Waals surface area contributed by atoms with Gasteiger partial charge in [0, 0.05) is 19.1 Å². The van der Waals surface area contributed by atoms with Crippen molar-refractivity contribution >= 4 is 29.9 Å². The Morgan fingerprint density at radius 1 is 1.25 bits per heavy atom. The minimum Gasteiger partial charge on any atom is -0.493 e. The lowest BCUT2D eigenvalue weighted by atomic mass is 10.1. The molecule has 0 aliphatic rings. The summed E-state index contributed by atoms with van der Waals surface area (Å²) in [5, 5.41) is 6.42. The Balaban J connectivity index is 0.00000529. The third-order valence-corrected chi connectivity index (χ3v) is 2.87. The Hall–Kier alpha value is -1.32. The van der Waals surface area contributed by atoms with Crippen LogP contribution in [0.5, 0.6) is 11.5 Å². The van der Waals surface area contributed by atoms with E-state index in [1.54, 1.807) is 19.2 Å². The van der Waals surface area contributed by atoms with Crippen molar-refractivity contribution in [1.82, 2.24) is 10.6 Å².